The number of benzene rings is 4. The van der Waals surface area contributed by atoms with Gasteiger partial charge in [0.05, 0.1) is 38.1 Å². The van der Waals surface area contributed by atoms with Gasteiger partial charge in [-0.25, -0.2) is 0 Å². The number of ether oxygens (including phenoxy) is 3. The predicted octanol–water partition coefficient (Wildman–Crippen LogP) is 8.21. The Morgan fingerprint density at radius 3 is 0.854 bits per heavy atom. The molecule has 0 aliphatic heterocycles. The maximum Gasteiger partial charge on any atom is 0.0979 e. The molecule has 0 radical (unpaired) electrons. The molecule has 6 heteroatoms. The summed E-state index contributed by atoms with van der Waals surface area (Å²) in [7, 11) is 5.96. The molecule has 6 nitrogen and oxygen atoms in total. The lowest BCUT2D eigenvalue weighted by molar-refractivity contribution is 0.0126. The van der Waals surface area contributed by atoms with Gasteiger partial charge in [-0.15, -0.1) is 0 Å². The van der Waals surface area contributed by atoms with Crippen LogP contribution in [0.3, 0.4) is 0 Å². The quantitative estimate of drug-likeness (QED) is 0.101. The molecule has 0 amide bonds. The molecule has 0 bridgehead atoms. The molecule has 0 saturated heterocycles. The third-order valence-electron chi connectivity index (χ3n) is 10.1. The van der Waals surface area contributed by atoms with Gasteiger partial charge in [0.2, 0.25) is 0 Å². The summed E-state index contributed by atoms with van der Waals surface area (Å²) < 4.78 is 20.4. The van der Waals surface area contributed by atoms with Crippen LogP contribution in [0.1, 0.15) is 89.2 Å². The molecule has 0 aromatic heterocycles. The summed E-state index contributed by atoms with van der Waals surface area (Å²) in [5, 5.41) is 10.2. The van der Waals surface area contributed by atoms with E-state index < -0.39 is 0 Å². The zero-order valence-electron chi connectivity index (χ0n) is 30.5. The van der Waals surface area contributed by atoms with Crippen molar-refractivity contribution >= 4 is 0 Å². The monoisotopic (exact) mass is 651 g/mol. The van der Waals surface area contributed by atoms with E-state index in [0.29, 0.717) is 19.8 Å². The predicted molar refractivity (Wildman–Crippen MR) is 198 cm³/mol. The van der Waals surface area contributed by atoms with Crippen molar-refractivity contribution in [3.8, 4) is 0 Å². The van der Waals surface area contributed by atoms with Crippen molar-refractivity contribution in [2.24, 2.45) is 0 Å². The standard InChI is InChI=1S/C42H57N3O3/c1-28-37(25-46-40(31(4)43-7)34-19-13-10-14-20-34)29(2)39(27-48-42(33(6)45-9)36-23-17-12-18-24-36)30(3)38(28)26-47-41(32(5)44-8)35-21-15-11-16-22-35/h10-24,31-33,40-45H,25-27H2,1-9H3/t31-,32-,33-,40-,41-,42-/m0/s1. The lowest BCUT2D eigenvalue weighted by Crippen LogP contribution is -2.31. The summed E-state index contributed by atoms with van der Waals surface area (Å²) in [6.07, 6.45) is -0.309. The van der Waals surface area contributed by atoms with Gasteiger partial charge in [0.25, 0.3) is 0 Å². The summed E-state index contributed by atoms with van der Waals surface area (Å²) >= 11 is 0. The second-order valence-electron chi connectivity index (χ2n) is 13.0. The smallest absolute Gasteiger partial charge is 0.0979 e. The minimum absolute atomic E-state index is 0.103. The lowest BCUT2D eigenvalue weighted by Gasteiger charge is -2.30. The highest BCUT2D eigenvalue weighted by atomic mass is 16.5. The topological polar surface area (TPSA) is 63.8 Å². The minimum atomic E-state index is -0.103. The molecular weight excluding hydrogens is 594 g/mol. The van der Waals surface area contributed by atoms with E-state index in [0.717, 1.165) is 16.7 Å². The first-order valence-electron chi connectivity index (χ1n) is 17.3. The van der Waals surface area contributed by atoms with Gasteiger partial charge in [-0.2, -0.15) is 0 Å². The summed E-state index contributed by atoms with van der Waals surface area (Å²) in [5.74, 6) is 0. The van der Waals surface area contributed by atoms with Gasteiger partial charge in [0.1, 0.15) is 0 Å². The lowest BCUT2D eigenvalue weighted by atomic mass is 9.88. The van der Waals surface area contributed by atoms with E-state index in [2.05, 4.69) is 130 Å². The Hall–Kier alpha value is -3.36. The Labute approximate surface area is 289 Å². The van der Waals surface area contributed by atoms with Gasteiger partial charge in [-0.1, -0.05) is 91.0 Å². The molecule has 258 valence electrons. The summed E-state index contributed by atoms with van der Waals surface area (Å²) in [6.45, 7) is 14.6. The van der Waals surface area contributed by atoms with Gasteiger partial charge in [0, 0.05) is 18.1 Å². The van der Waals surface area contributed by atoms with Crippen LogP contribution < -0.4 is 16.0 Å². The molecule has 0 spiro atoms. The highest BCUT2D eigenvalue weighted by Crippen LogP contribution is 2.34. The first-order valence-corrected chi connectivity index (χ1v) is 17.3. The summed E-state index contributed by atoms with van der Waals surface area (Å²) in [6, 6.07) is 31.9. The van der Waals surface area contributed by atoms with Crippen LogP contribution in [0.4, 0.5) is 0 Å². The zero-order chi connectivity index (χ0) is 34.6. The first kappa shape index (κ1) is 37.5. The third kappa shape index (κ3) is 9.20. The minimum Gasteiger partial charge on any atom is -0.367 e. The van der Waals surface area contributed by atoms with E-state index in [-0.39, 0.29) is 36.4 Å². The molecule has 3 N–H and O–H groups in total. The fourth-order valence-corrected chi connectivity index (χ4v) is 6.53. The Balaban J connectivity index is 1.73. The Bertz CT molecular complexity index is 1330. The van der Waals surface area contributed by atoms with Gasteiger partial charge in [-0.3, -0.25) is 0 Å². The average Bonchev–Trinajstić information content (AvgIpc) is 3.13. The Morgan fingerprint density at radius 2 is 0.646 bits per heavy atom. The van der Waals surface area contributed by atoms with E-state index in [1.165, 1.54) is 33.4 Å². The maximum atomic E-state index is 6.82. The van der Waals surface area contributed by atoms with Crippen LogP contribution in [-0.2, 0) is 34.0 Å². The van der Waals surface area contributed by atoms with Gasteiger partial charge < -0.3 is 30.2 Å². The molecule has 6 atom stereocenters. The molecule has 0 unspecified atom stereocenters. The molecule has 4 rings (SSSR count). The van der Waals surface area contributed by atoms with Crippen LogP contribution in [0.15, 0.2) is 91.0 Å². The van der Waals surface area contributed by atoms with E-state index in [9.17, 15) is 0 Å². The molecule has 4 aromatic rings. The molecule has 4 aromatic carbocycles. The molecule has 0 heterocycles. The first-order chi connectivity index (χ1) is 23.2. The molecular formula is C42H57N3O3. The third-order valence-corrected chi connectivity index (χ3v) is 10.1. The molecule has 0 fully saturated rings. The Kier molecular flexibility index (Phi) is 14.4. The van der Waals surface area contributed by atoms with Gasteiger partial charge in [-0.05, 0) is 113 Å². The van der Waals surface area contributed by atoms with E-state index >= 15 is 0 Å². The number of likely N-dealkylation sites (N-methyl/N-ethyl adjacent to an activating group) is 3. The van der Waals surface area contributed by atoms with Crippen molar-refractivity contribution in [2.75, 3.05) is 21.1 Å². The van der Waals surface area contributed by atoms with Crippen molar-refractivity contribution in [1.82, 2.24) is 16.0 Å². The highest BCUT2D eigenvalue weighted by Gasteiger charge is 2.26. The van der Waals surface area contributed by atoms with E-state index in [1.54, 1.807) is 0 Å². The molecule has 0 aliphatic carbocycles. The molecule has 0 aliphatic rings. The summed E-state index contributed by atoms with van der Waals surface area (Å²) in [5.41, 5.74) is 10.7. The van der Waals surface area contributed by atoms with Crippen LogP contribution in [0, 0.1) is 20.8 Å². The fourth-order valence-electron chi connectivity index (χ4n) is 6.53. The molecule has 0 saturated carbocycles. The van der Waals surface area contributed by atoms with E-state index in [4.69, 9.17) is 14.2 Å². The number of rotatable bonds is 18. The molecule has 48 heavy (non-hydrogen) atoms. The van der Waals surface area contributed by atoms with Crippen molar-refractivity contribution in [2.45, 2.75) is 97.8 Å². The Morgan fingerprint density at radius 1 is 0.417 bits per heavy atom. The number of hydrogen-bond acceptors (Lipinski definition) is 6. The second kappa shape index (κ2) is 18.4. The maximum absolute atomic E-state index is 6.82. The van der Waals surface area contributed by atoms with Crippen molar-refractivity contribution in [3.05, 3.63) is 141 Å². The van der Waals surface area contributed by atoms with E-state index in [1.807, 2.05) is 39.3 Å². The van der Waals surface area contributed by atoms with Gasteiger partial charge >= 0.3 is 0 Å². The average molecular weight is 652 g/mol. The summed E-state index contributed by atoms with van der Waals surface area (Å²) in [4.78, 5) is 0. The highest BCUT2D eigenvalue weighted by molar-refractivity contribution is 5.50. The SMILES string of the molecule is CN[C@@H](C)[C@H](OCc1c(C)c(CO[C@H](c2ccccc2)[C@H](C)NC)c(C)c(CO[C@H](c2ccccc2)[C@H](C)NC)c1C)c1ccccc1. The normalized spacial score (nSPS) is 15.4. The fraction of sp³-hybridized carbons (Fsp3) is 0.429. The van der Waals surface area contributed by atoms with Crippen molar-refractivity contribution in [3.63, 3.8) is 0 Å². The van der Waals surface area contributed by atoms with Crippen LogP contribution >= 0.6 is 0 Å². The van der Waals surface area contributed by atoms with Crippen LogP contribution in [-0.4, -0.2) is 39.3 Å². The zero-order valence-corrected chi connectivity index (χ0v) is 30.5. The van der Waals surface area contributed by atoms with Crippen LogP contribution in [0.5, 0.6) is 0 Å². The number of hydrogen-bond donors (Lipinski definition) is 3. The van der Waals surface area contributed by atoms with Crippen molar-refractivity contribution in [1.29, 1.82) is 0 Å². The largest absolute Gasteiger partial charge is 0.367 e. The van der Waals surface area contributed by atoms with Crippen LogP contribution in [0.2, 0.25) is 0 Å². The van der Waals surface area contributed by atoms with Crippen LogP contribution in [0.25, 0.3) is 0 Å². The number of nitrogens with one attached hydrogen (secondary N) is 3. The van der Waals surface area contributed by atoms with Crippen molar-refractivity contribution < 1.29 is 14.2 Å². The van der Waals surface area contributed by atoms with Gasteiger partial charge in [0.15, 0.2) is 0 Å². The second-order valence-corrected chi connectivity index (χ2v) is 13.0.